The molecule has 0 spiro atoms. The Morgan fingerprint density at radius 3 is 2.60 bits per heavy atom. The van der Waals surface area contributed by atoms with Gasteiger partial charge in [-0.25, -0.2) is 4.39 Å². The summed E-state index contributed by atoms with van der Waals surface area (Å²) in [5.41, 5.74) is 6.73. The zero-order valence-corrected chi connectivity index (χ0v) is 17.0. The summed E-state index contributed by atoms with van der Waals surface area (Å²) < 4.78 is 13.5. The van der Waals surface area contributed by atoms with E-state index >= 15 is 0 Å². The van der Waals surface area contributed by atoms with E-state index in [2.05, 4.69) is 15.6 Å². The first-order valence-electron chi connectivity index (χ1n) is 8.67. The van der Waals surface area contributed by atoms with Gasteiger partial charge in [-0.1, -0.05) is 31.7 Å². The number of nitrogens with one attached hydrogen (secondary N) is 2. The number of aryl methyl sites for hydroxylation is 1. The van der Waals surface area contributed by atoms with Gasteiger partial charge in [-0.3, -0.25) is 9.79 Å². The van der Waals surface area contributed by atoms with Gasteiger partial charge in [0.05, 0.1) is 6.54 Å². The van der Waals surface area contributed by atoms with Gasteiger partial charge < -0.3 is 16.4 Å². The third kappa shape index (κ3) is 7.58. The van der Waals surface area contributed by atoms with Crippen LogP contribution in [0.1, 0.15) is 54.4 Å². The normalized spacial score (nSPS) is 15.8. The van der Waals surface area contributed by atoms with E-state index in [-0.39, 0.29) is 35.7 Å². The number of halogens is 2. The summed E-state index contributed by atoms with van der Waals surface area (Å²) in [5, 5.41) is 5.98. The molecule has 4 N–H and O–H groups in total. The third-order valence-corrected chi connectivity index (χ3v) is 4.32. The standard InChI is InChI=1S/C18H27FN4O.HI/c1-13-8-9-14(12-16(13)19)17(24)21-10-11-22-18(20)23-15-6-4-2-3-5-7-15;/h8-9,12,15H,2-7,10-11H2,1H3,(H,21,24)(H3,20,22,23);1H. The van der Waals surface area contributed by atoms with E-state index in [0.29, 0.717) is 36.2 Å². The molecule has 1 amide bonds. The van der Waals surface area contributed by atoms with Crippen molar-refractivity contribution in [3.8, 4) is 0 Å². The molecule has 1 fully saturated rings. The molecule has 1 aliphatic carbocycles. The Hall–Kier alpha value is -1.38. The number of hydrogen-bond acceptors (Lipinski definition) is 2. The van der Waals surface area contributed by atoms with Crippen LogP contribution in [0, 0.1) is 12.7 Å². The molecule has 7 heteroatoms. The van der Waals surface area contributed by atoms with Crippen LogP contribution in [0.2, 0.25) is 0 Å². The lowest BCUT2D eigenvalue weighted by molar-refractivity contribution is 0.0954. The Balaban J connectivity index is 0.00000312. The van der Waals surface area contributed by atoms with Crippen LogP contribution in [-0.4, -0.2) is 31.0 Å². The maximum absolute atomic E-state index is 13.5. The lowest BCUT2D eigenvalue weighted by Crippen LogP contribution is -2.40. The second kappa shape index (κ2) is 11.3. The lowest BCUT2D eigenvalue weighted by atomic mass is 10.1. The number of guanidine groups is 1. The van der Waals surface area contributed by atoms with Crippen molar-refractivity contribution in [1.29, 1.82) is 0 Å². The van der Waals surface area contributed by atoms with E-state index in [9.17, 15) is 9.18 Å². The fraction of sp³-hybridized carbons (Fsp3) is 0.556. The van der Waals surface area contributed by atoms with Gasteiger partial charge in [0.15, 0.2) is 5.96 Å². The smallest absolute Gasteiger partial charge is 0.251 e. The average Bonchev–Trinajstić information content (AvgIpc) is 2.82. The number of rotatable bonds is 5. The van der Waals surface area contributed by atoms with Crippen molar-refractivity contribution in [3.63, 3.8) is 0 Å². The highest BCUT2D eigenvalue weighted by Crippen LogP contribution is 2.16. The number of carbonyl (C=O) groups excluding carboxylic acids is 1. The summed E-state index contributed by atoms with van der Waals surface area (Å²) in [7, 11) is 0. The summed E-state index contributed by atoms with van der Waals surface area (Å²) in [6.07, 6.45) is 7.31. The predicted molar refractivity (Wildman–Crippen MR) is 110 cm³/mol. The van der Waals surface area contributed by atoms with Gasteiger partial charge in [-0.05, 0) is 37.5 Å². The minimum absolute atomic E-state index is 0. The fourth-order valence-corrected chi connectivity index (χ4v) is 2.86. The molecule has 0 radical (unpaired) electrons. The molecule has 0 atom stereocenters. The molecule has 0 unspecified atom stereocenters. The molecule has 25 heavy (non-hydrogen) atoms. The second-order valence-corrected chi connectivity index (χ2v) is 6.32. The second-order valence-electron chi connectivity index (χ2n) is 6.32. The molecule has 2 rings (SSSR count). The summed E-state index contributed by atoms with van der Waals surface area (Å²) in [5.74, 6) is -0.255. The highest BCUT2D eigenvalue weighted by molar-refractivity contribution is 14.0. The first-order chi connectivity index (χ1) is 11.6. The van der Waals surface area contributed by atoms with Crippen molar-refractivity contribution in [2.45, 2.75) is 51.5 Å². The van der Waals surface area contributed by atoms with E-state index in [1.807, 2.05) is 0 Å². The number of amides is 1. The Morgan fingerprint density at radius 1 is 1.28 bits per heavy atom. The van der Waals surface area contributed by atoms with Crippen LogP contribution < -0.4 is 16.4 Å². The van der Waals surface area contributed by atoms with Crippen LogP contribution in [0.3, 0.4) is 0 Å². The average molecular weight is 462 g/mol. The third-order valence-electron chi connectivity index (χ3n) is 4.32. The fourth-order valence-electron chi connectivity index (χ4n) is 2.86. The van der Waals surface area contributed by atoms with Gasteiger partial charge in [0, 0.05) is 18.2 Å². The molecule has 0 bridgehead atoms. The van der Waals surface area contributed by atoms with Crippen LogP contribution in [0.5, 0.6) is 0 Å². The van der Waals surface area contributed by atoms with Gasteiger partial charge in [0.1, 0.15) is 5.82 Å². The maximum Gasteiger partial charge on any atom is 0.251 e. The van der Waals surface area contributed by atoms with Crippen molar-refractivity contribution in [2.24, 2.45) is 10.7 Å². The molecule has 5 nitrogen and oxygen atoms in total. The van der Waals surface area contributed by atoms with Crippen molar-refractivity contribution in [3.05, 3.63) is 35.1 Å². The quantitative estimate of drug-likeness (QED) is 0.207. The van der Waals surface area contributed by atoms with Crippen molar-refractivity contribution in [1.82, 2.24) is 10.6 Å². The number of carbonyl (C=O) groups is 1. The SMILES string of the molecule is Cc1ccc(C(=O)NCCN=C(N)NC2CCCCCC2)cc1F.I. The van der Waals surface area contributed by atoms with Gasteiger partial charge in [0.25, 0.3) is 5.91 Å². The molecule has 0 heterocycles. The summed E-state index contributed by atoms with van der Waals surface area (Å²) in [6.45, 7) is 2.42. The molecular weight excluding hydrogens is 434 g/mol. The molecule has 1 aromatic rings. The lowest BCUT2D eigenvalue weighted by Gasteiger charge is -2.16. The highest BCUT2D eigenvalue weighted by atomic mass is 127. The zero-order chi connectivity index (χ0) is 17.4. The first kappa shape index (κ1) is 21.7. The van der Waals surface area contributed by atoms with Gasteiger partial charge in [0.2, 0.25) is 0 Å². The van der Waals surface area contributed by atoms with Crippen LogP contribution in [0.25, 0.3) is 0 Å². The molecule has 1 aliphatic rings. The molecular formula is C18H28FIN4O. The minimum atomic E-state index is -0.377. The highest BCUT2D eigenvalue weighted by Gasteiger charge is 2.12. The van der Waals surface area contributed by atoms with Gasteiger partial charge >= 0.3 is 0 Å². The number of nitrogens with two attached hydrogens (primary N) is 1. The number of nitrogens with zero attached hydrogens (tertiary/aromatic N) is 1. The topological polar surface area (TPSA) is 79.5 Å². The maximum atomic E-state index is 13.5. The Morgan fingerprint density at radius 2 is 1.96 bits per heavy atom. The number of benzene rings is 1. The van der Waals surface area contributed by atoms with Crippen molar-refractivity contribution >= 4 is 35.8 Å². The molecule has 0 saturated heterocycles. The van der Waals surface area contributed by atoms with E-state index in [0.717, 1.165) is 12.8 Å². The zero-order valence-electron chi connectivity index (χ0n) is 14.7. The Labute approximate surface area is 166 Å². The Kier molecular flexibility index (Phi) is 9.77. The van der Waals surface area contributed by atoms with Crippen LogP contribution in [0.15, 0.2) is 23.2 Å². The minimum Gasteiger partial charge on any atom is -0.370 e. The summed E-state index contributed by atoms with van der Waals surface area (Å²) in [4.78, 5) is 16.2. The molecule has 1 saturated carbocycles. The number of hydrogen-bond donors (Lipinski definition) is 3. The van der Waals surface area contributed by atoms with Gasteiger partial charge in [-0.2, -0.15) is 0 Å². The van der Waals surface area contributed by atoms with E-state index in [1.165, 1.54) is 31.7 Å². The molecule has 0 aromatic heterocycles. The van der Waals surface area contributed by atoms with Crippen LogP contribution >= 0.6 is 24.0 Å². The first-order valence-corrected chi connectivity index (χ1v) is 8.67. The summed E-state index contributed by atoms with van der Waals surface area (Å²) in [6, 6.07) is 4.85. The van der Waals surface area contributed by atoms with E-state index in [4.69, 9.17) is 5.73 Å². The molecule has 1 aromatic carbocycles. The summed E-state index contributed by atoms with van der Waals surface area (Å²) >= 11 is 0. The Bertz CT molecular complexity index is 586. The molecule has 140 valence electrons. The van der Waals surface area contributed by atoms with E-state index < -0.39 is 0 Å². The van der Waals surface area contributed by atoms with Crippen LogP contribution in [-0.2, 0) is 0 Å². The molecule has 0 aliphatic heterocycles. The van der Waals surface area contributed by atoms with E-state index in [1.54, 1.807) is 19.1 Å². The monoisotopic (exact) mass is 462 g/mol. The van der Waals surface area contributed by atoms with Crippen LogP contribution in [0.4, 0.5) is 4.39 Å². The predicted octanol–water partition coefficient (Wildman–Crippen LogP) is 3.11. The van der Waals surface area contributed by atoms with Crippen molar-refractivity contribution < 1.29 is 9.18 Å². The van der Waals surface area contributed by atoms with Crippen molar-refractivity contribution in [2.75, 3.05) is 13.1 Å². The van der Waals surface area contributed by atoms with Gasteiger partial charge in [-0.15, -0.1) is 24.0 Å². The number of aliphatic imine (C=N–C) groups is 1. The largest absolute Gasteiger partial charge is 0.370 e.